The molecular weight excluding hydrogens is 480 g/mol. The van der Waals surface area contributed by atoms with Gasteiger partial charge in [-0.25, -0.2) is 8.42 Å². The van der Waals surface area contributed by atoms with Crippen molar-refractivity contribution in [3.63, 3.8) is 0 Å². The molecule has 0 aliphatic carbocycles. The van der Waals surface area contributed by atoms with Gasteiger partial charge in [0.15, 0.2) is 16.4 Å². The van der Waals surface area contributed by atoms with Crippen LogP contribution in [0.4, 0.5) is 11.5 Å². The van der Waals surface area contributed by atoms with Gasteiger partial charge >= 0.3 is 0 Å². The van der Waals surface area contributed by atoms with E-state index < -0.39 is 15.9 Å². The molecule has 2 heterocycles. The number of sulfonamides is 1. The monoisotopic (exact) mass is 496 g/mol. The lowest BCUT2D eigenvalue weighted by atomic mass is 10.1. The molecule has 0 saturated carbocycles. The number of amides is 1. The molecule has 0 radical (unpaired) electrons. The quantitative estimate of drug-likeness (QED) is 0.386. The number of nitrogens with zero attached hydrogens (tertiary/aromatic N) is 2. The zero-order valence-corrected chi connectivity index (χ0v) is 19.2. The fourth-order valence-electron chi connectivity index (χ4n) is 3.01. The van der Waals surface area contributed by atoms with Gasteiger partial charge in [-0.2, -0.15) is 0 Å². The van der Waals surface area contributed by atoms with Crippen molar-refractivity contribution in [1.29, 1.82) is 0 Å². The van der Waals surface area contributed by atoms with E-state index in [0.29, 0.717) is 16.7 Å². The highest BCUT2D eigenvalue weighted by Gasteiger charge is 2.15. The molecular formula is C23H17ClN4O5S. The smallest absolute Gasteiger partial charge is 0.263 e. The number of nitrogens with one attached hydrogen (secondary N) is 2. The van der Waals surface area contributed by atoms with E-state index in [4.69, 9.17) is 16.0 Å². The molecule has 34 heavy (non-hydrogen) atoms. The average molecular weight is 497 g/mol. The molecule has 4 aromatic rings. The molecule has 0 bridgehead atoms. The summed E-state index contributed by atoms with van der Waals surface area (Å²) in [5, 5.41) is 10.4. The van der Waals surface area contributed by atoms with E-state index in [1.165, 1.54) is 54.8 Å². The van der Waals surface area contributed by atoms with E-state index in [1.807, 2.05) is 13.0 Å². The van der Waals surface area contributed by atoms with E-state index >= 15 is 0 Å². The van der Waals surface area contributed by atoms with Crippen molar-refractivity contribution >= 4 is 56.1 Å². The van der Waals surface area contributed by atoms with Crippen LogP contribution in [0.5, 0.6) is 0 Å². The van der Waals surface area contributed by atoms with Crippen molar-refractivity contribution in [2.45, 2.75) is 11.8 Å². The molecule has 0 aliphatic heterocycles. The van der Waals surface area contributed by atoms with Crippen LogP contribution in [-0.2, 0) is 14.8 Å². The Morgan fingerprint density at radius 2 is 1.82 bits per heavy atom. The van der Waals surface area contributed by atoms with Crippen molar-refractivity contribution in [2.75, 3.05) is 10.0 Å². The Morgan fingerprint density at radius 3 is 2.53 bits per heavy atom. The Labute approximate surface area is 199 Å². The van der Waals surface area contributed by atoms with Crippen LogP contribution in [0.1, 0.15) is 11.1 Å². The minimum Gasteiger partial charge on any atom is -0.463 e. The van der Waals surface area contributed by atoms with Crippen molar-refractivity contribution in [3.05, 3.63) is 93.4 Å². The third-order valence-electron chi connectivity index (χ3n) is 4.67. The van der Waals surface area contributed by atoms with Gasteiger partial charge in [-0.05, 0) is 61.5 Å². The standard InChI is InChI=1S/C23H17ClN4O5S/c1-14-2-8-19-18(12-14)23(30)15(13-33-19)3-11-22(29)25-16-4-6-17(7-5-16)34(31,32)28-21-10-9-20(24)26-27-21/h2-13H,1H3,(H,25,29)(H,27,28)/b11-3+. The van der Waals surface area contributed by atoms with Gasteiger partial charge in [-0.1, -0.05) is 23.2 Å². The molecule has 0 atom stereocenters. The van der Waals surface area contributed by atoms with Crippen LogP contribution in [-0.4, -0.2) is 24.5 Å². The van der Waals surface area contributed by atoms with Crippen molar-refractivity contribution in [3.8, 4) is 0 Å². The highest BCUT2D eigenvalue weighted by atomic mass is 35.5. The van der Waals surface area contributed by atoms with Crippen LogP contribution in [0.15, 0.2) is 81.0 Å². The molecule has 11 heteroatoms. The Balaban J connectivity index is 1.44. The first-order valence-electron chi connectivity index (χ1n) is 9.85. The molecule has 2 aromatic heterocycles. The predicted molar refractivity (Wildman–Crippen MR) is 129 cm³/mol. The number of carbonyl (C=O) groups excluding carboxylic acids is 1. The van der Waals surface area contributed by atoms with Gasteiger partial charge in [-0.15, -0.1) is 10.2 Å². The maximum Gasteiger partial charge on any atom is 0.263 e. The summed E-state index contributed by atoms with van der Waals surface area (Å²) in [7, 11) is -3.91. The fraction of sp³-hybridized carbons (Fsp3) is 0.0435. The Hall–Kier alpha value is -4.02. The maximum atomic E-state index is 12.6. The molecule has 0 spiro atoms. The van der Waals surface area contributed by atoms with Gasteiger partial charge in [-0.3, -0.25) is 14.3 Å². The van der Waals surface area contributed by atoms with E-state index in [0.717, 1.165) is 5.56 Å². The van der Waals surface area contributed by atoms with Crippen molar-refractivity contribution < 1.29 is 17.6 Å². The number of hydrogen-bond donors (Lipinski definition) is 2. The highest BCUT2D eigenvalue weighted by molar-refractivity contribution is 7.92. The van der Waals surface area contributed by atoms with Crippen LogP contribution < -0.4 is 15.5 Å². The first-order valence-corrected chi connectivity index (χ1v) is 11.7. The Morgan fingerprint density at radius 1 is 1.06 bits per heavy atom. The number of aryl methyl sites for hydroxylation is 1. The molecule has 172 valence electrons. The number of aromatic nitrogens is 2. The summed E-state index contributed by atoms with van der Waals surface area (Å²) in [6, 6.07) is 13.6. The van der Waals surface area contributed by atoms with Crippen LogP contribution in [0.3, 0.4) is 0 Å². The van der Waals surface area contributed by atoms with E-state index in [-0.39, 0.29) is 26.9 Å². The summed E-state index contributed by atoms with van der Waals surface area (Å²) in [6.07, 6.45) is 3.85. The SMILES string of the molecule is Cc1ccc2occ(/C=C/C(=O)Nc3ccc(S(=O)(=O)Nc4ccc(Cl)nn4)cc3)c(=O)c2c1. The van der Waals surface area contributed by atoms with Gasteiger partial charge in [0, 0.05) is 11.8 Å². The lowest BCUT2D eigenvalue weighted by Gasteiger charge is -2.08. The fourth-order valence-corrected chi connectivity index (χ4v) is 4.11. The molecule has 0 fully saturated rings. The van der Waals surface area contributed by atoms with Gasteiger partial charge in [0.1, 0.15) is 11.8 Å². The third kappa shape index (κ3) is 5.30. The molecule has 1 amide bonds. The van der Waals surface area contributed by atoms with Crippen LogP contribution in [0, 0.1) is 6.92 Å². The Bertz CT molecular complexity index is 1560. The van der Waals surface area contributed by atoms with Gasteiger partial charge < -0.3 is 9.73 Å². The number of anilines is 2. The summed E-state index contributed by atoms with van der Waals surface area (Å²) >= 11 is 5.64. The van der Waals surface area contributed by atoms with Crippen LogP contribution in [0.2, 0.25) is 5.15 Å². The number of rotatable bonds is 6. The van der Waals surface area contributed by atoms with Crippen molar-refractivity contribution in [1.82, 2.24) is 10.2 Å². The molecule has 9 nitrogen and oxygen atoms in total. The first kappa shape index (κ1) is 23.1. The number of benzene rings is 2. The van der Waals surface area contributed by atoms with Crippen molar-refractivity contribution in [2.24, 2.45) is 0 Å². The number of fused-ring (bicyclic) bond motifs is 1. The Kier molecular flexibility index (Phi) is 6.44. The molecule has 0 saturated heterocycles. The van der Waals surface area contributed by atoms with E-state index in [1.54, 1.807) is 12.1 Å². The third-order valence-corrected chi connectivity index (χ3v) is 6.24. The second kappa shape index (κ2) is 9.46. The highest BCUT2D eigenvalue weighted by Crippen LogP contribution is 2.18. The molecule has 2 N–H and O–H groups in total. The average Bonchev–Trinajstić information content (AvgIpc) is 2.81. The molecule has 0 aliphatic rings. The topological polar surface area (TPSA) is 131 Å². The largest absolute Gasteiger partial charge is 0.463 e. The van der Waals surface area contributed by atoms with Gasteiger partial charge in [0.2, 0.25) is 5.91 Å². The minimum atomic E-state index is -3.91. The summed E-state index contributed by atoms with van der Waals surface area (Å²) in [5.74, 6) is -0.492. The summed E-state index contributed by atoms with van der Waals surface area (Å²) < 4.78 is 32.7. The zero-order chi connectivity index (χ0) is 24.3. The first-order chi connectivity index (χ1) is 16.2. The van der Waals surface area contributed by atoms with Gasteiger partial charge in [0.25, 0.3) is 10.0 Å². The summed E-state index contributed by atoms with van der Waals surface area (Å²) in [6.45, 7) is 1.87. The normalized spacial score (nSPS) is 11.6. The minimum absolute atomic E-state index is 0.0141. The van der Waals surface area contributed by atoms with E-state index in [2.05, 4.69) is 20.2 Å². The van der Waals surface area contributed by atoms with E-state index in [9.17, 15) is 18.0 Å². The van der Waals surface area contributed by atoms with Gasteiger partial charge in [0.05, 0.1) is 15.8 Å². The molecule has 2 aromatic carbocycles. The summed E-state index contributed by atoms with van der Waals surface area (Å²) in [5.41, 5.74) is 1.72. The molecule has 0 unspecified atom stereocenters. The van der Waals surface area contributed by atoms with Crippen LogP contribution in [0.25, 0.3) is 17.0 Å². The second-order valence-corrected chi connectivity index (χ2v) is 9.28. The van der Waals surface area contributed by atoms with Crippen LogP contribution >= 0.6 is 11.6 Å². The zero-order valence-electron chi connectivity index (χ0n) is 17.7. The lowest BCUT2D eigenvalue weighted by molar-refractivity contribution is -0.111. The molecule has 4 rings (SSSR count). The predicted octanol–water partition coefficient (Wildman–Crippen LogP) is 4.00. The number of hydrogen-bond acceptors (Lipinski definition) is 7. The summed E-state index contributed by atoms with van der Waals surface area (Å²) in [4.78, 5) is 24.8. The second-order valence-electron chi connectivity index (χ2n) is 7.21. The number of carbonyl (C=O) groups is 1. The lowest BCUT2D eigenvalue weighted by Crippen LogP contribution is -2.14. The number of halogens is 1. The maximum absolute atomic E-state index is 12.6.